The summed E-state index contributed by atoms with van der Waals surface area (Å²) in [5.74, 6) is -0.0476. The molecule has 6 nitrogen and oxygen atoms in total. The predicted octanol–water partition coefficient (Wildman–Crippen LogP) is 3.00. The number of nitrogens with zero attached hydrogens (tertiary/aromatic N) is 1. The number of halogens is 1. The van der Waals surface area contributed by atoms with Gasteiger partial charge in [0.15, 0.2) is 0 Å². The number of carbonyl (C=O) groups excluding carboxylic acids is 1. The summed E-state index contributed by atoms with van der Waals surface area (Å²) in [6.45, 7) is 1.52. The third-order valence-corrected chi connectivity index (χ3v) is 5.66. The Hall–Kier alpha value is -2.09. The minimum atomic E-state index is -3.75. The van der Waals surface area contributed by atoms with Crippen molar-refractivity contribution in [3.05, 3.63) is 53.6 Å². The van der Waals surface area contributed by atoms with Crippen molar-refractivity contribution in [2.24, 2.45) is 0 Å². The molecule has 2 aromatic rings. The zero-order chi connectivity index (χ0) is 18.4. The van der Waals surface area contributed by atoms with Crippen LogP contribution in [0, 0.1) is 0 Å². The molecule has 1 amide bonds. The normalized spacial score (nSPS) is 11.4. The SMILES string of the molecule is CCN(CC(=O)Nc1cc(Cl)ccc1OC)S(=O)(=O)c1ccccc1. The maximum absolute atomic E-state index is 12.6. The monoisotopic (exact) mass is 382 g/mol. The maximum Gasteiger partial charge on any atom is 0.243 e. The lowest BCUT2D eigenvalue weighted by molar-refractivity contribution is -0.116. The van der Waals surface area contributed by atoms with Gasteiger partial charge in [-0.05, 0) is 30.3 Å². The van der Waals surface area contributed by atoms with Gasteiger partial charge in [-0.3, -0.25) is 4.79 Å². The Labute approximate surface area is 152 Å². The van der Waals surface area contributed by atoms with Crippen LogP contribution in [0.15, 0.2) is 53.4 Å². The van der Waals surface area contributed by atoms with E-state index < -0.39 is 15.9 Å². The lowest BCUT2D eigenvalue weighted by Crippen LogP contribution is -2.37. The average molecular weight is 383 g/mol. The Morgan fingerprint density at radius 2 is 1.88 bits per heavy atom. The van der Waals surface area contributed by atoms with E-state index in [4.69, 9.17) is 16.3 Å². The Bertz CT molecular complexity index is 841. The number of nitrogens with one attached hydrogen (secondary N) is 1. The Morgan fingerprint density at radius 1 is 1.20 bits per heavy atom. The molecule has 0 heterocycles. The summed E-state index contributed by atoms with van der Waals surface area (Å²) in [6, 6.07) is 12.8. The Morgan fingerprint density at radius 3 is 2.48 bits per heavy atom. The van der Waals surface area contributed by atoms with Gasteiger partial charge in [0.2, 0.25) is 15.9 Å². The number of rotatable bonds is 7. The second-order valence-electron chi connectivity index (χ2n) is 5.14. The molecule has 0 radical (unpaired) electrons. The molecule has 0 saturated carbocycles. The van der Waals surface area contributed by atoms with Crippen molar-refractivity contribution in [1.82, 2.24) is 4.31 Å². The first-order valence-electron chi connectivity index (χ1n) is 7.57. The topological polar surface area (TPSA) is 75.7 Å². The van der Waals surface area contributed by atoms with Crippen LogP contribution in [-0.2, 0) is 14.8 Å². The average Bonchev–Trinajstić information content (AvgIpc) is 2.60. The summed E-state index contributed by atoms with van der Waals surface area (Å²) >= 11 is 5.93. The molecule has 8 heteroatoms. The molecule has 0 aromatic heterocycles. The van der Waals surface area contributed by atoms with Gasteiger partial charge < -0.3 is 10.1 Å². The van der Waals surface area contributed by atoms with E-state index in [2.05, 4.69) is 5.32 Å². The van der Waals surface area contributed by atoms with Gasteiger partial charge in [-0.25, -0.2) is 8.42 Å². The molecular formula is C17H19ClN2O4S. The molecule has 1 N–H and O–H groups in total. The first-order valence-corrected chi connectivity index (χ1v) is 9.39. The molecule has 0 aliphatic rings. The summed E-state index contributed by atoms with van der Waals surface area (Å²) < 4.78 is 31.5. The van der Waals surface area contributed by atoms with Crippen molar-refractivity contribution in [1.29, 1.82) is 0 Å². The van der Waals surface area contributed by atoms with Crippen LogP contribution in [0.2, 0.25) is 5.02 Å². The molecular weight excluding hydrogens is 364 g/mol. The van der Waals surface area contributed by atoms with Crippen molar-refractivity contribution < 1.29 is 17.9 Å². The van der Waals surface area contributed by atoms with Gasteiger partial charge in [0, 0.05) is 11.6 Å². The van der Waals surface area contributed by atoms with Crippen LogP contribution >= 0.6 is 11.6 Å². The van der Waals surface area contributed by atoms with Crippen LogP contribution in [0.25, 0.3) is 0 Å². The van der Waals surface area contributed by atoms with Crippen LogP contribution in [0.1, 0.15) is 6.92 Å². The number of likely N-dealkylation sites (N-methyl/N-ethyl adjacent to an activating group) is 1. The second kappa shape index (κ2) is 8.33. The van der Waals surface area contributed by atoms with Crippen LogP contribution in [0.5, 0.6) is 5.75 Å². The first-order chi connectivity index (χ1) is 11.9. The number of sulfonamides is 1. The quantitative estimate of drug-likeness (QED) is 0.798. The molecule has 0 bridgehead atoms. The van der Waals surface area contributed by atoms with Crippen molar-refractivity contribution in [2.45, 2.75) is 11.8 Å². The number of carbonyl (C=O) groups is 1. The lowest BCUT2D eigenvalue weighted by atomic mass is 10.3. The van der Waals surface area contributed by atoms with E-state index in [-0.39, 0.29) is 18.0 Å². The van der Waals surface area contributed by atoms with Gasteiger partial charge in [0.05, 0.1) is 24.2 Å². The molecule has 0 atom stereocenters. The summed E-state index contributed by atoms with van der Waals surface area (Å²) in [4.78, 5) is 12.5. The molecule has 134 valence electrons. The molecule has 0 saturated heterocycles. The fourth-order valence-corrected chi connectivity index (χ4v) is 3.83. The molecule has 0 aliphatic carbocycles. The van der Waals surface area contributed by atoms with Crippen molar-refractivity contribution in [2.75, 3.05) is 25.5 Å². The molecule has 0 spiro atoms. The zero-order valence-electron chi connectivity index (χ0n) is 13.9. The number of anilines is 1. The molecule has 25 heavy (non-hydrogen) atoms. The summed E-state index contributed by atoms with van der Waals surface area (Å²) in [7, 11) is -2.28. The van der Waals surface area contributed by atoms with E-state index >= 15 is 0 Å². The largest absolute Gasteiger partial charge is 0.495 e. The van der Waals surface area contributed by atoms with E-state index in [0.29, 0.717) is 16.5 Å². The van der Waals surface area contributed by atoms with Gasteiger partial charge in [0.25, 0.3) is 0 Å². The van der Waals surface area contributed by atoms with E-state index in [1.54, 1.807) is 43.3 Å². The van der Waals surface area contributed by atoms with Crippen LogP contribution < -0.4 is 10.1 Å². The van der Waals surface area contributed by atoms with E-state index in [1.165, 1.54) is 19.2 Å². The minimum Gasteiger partial charge on any atom is -0.495 e. The number of hydrogen-bond acceptors (Lipinski definition) is 4. The number of hydrogen-bond donors (Lipinski definition) is 1. The molecule has 0 aliphatic heterocycles. The highest BCUT2D eigenvalue weighted by atomic mass is 35.5. The Kier molecular flexibility index (Phi) is 6.41. The van der Waals surface area contributed by atoms with Crippen LogP contribution in [0.3, 0.4) is 0 Å². The number of ether oxygens (including phenoxy) is 1. The highest BCUT2D eigenvalue weighted by Gasteiger charge is 2.25. The summed E-state index contributed by atoms with van der Waals surface area (Å²) in [5, 5.41) is 3.07. The molecule has 0 fully saturated rings. The fourth-order valence-electron chi connectivity index (χ4n) is 2.24. The van der Waals surface area contributed by atoms with Gasteiger partial charge >= 0.3 is 0 Å². The lowest BCUT2D eigenvalue weighted by Gasteiger charge is -2.20. The third-order valence-electron chi connectivity index (χ3n) is 3.49. The highest BCUT2D eigenvalue weighted by molar-refractivity contribution is 7.89. The van der Waals surface area contributed by atoms with E-state index in [0.717, 1.165) is 4.31 Å². The van der Waals surface area contributed by atoms with Gasteiger partial charge in [-0.2, -0.15) is 4.31 Å². The molecule has 2 rings (SSSR count). The summed E-state index contributed by atoms with van der Waals surface area (Å²) in [6.07, 6.45) is 0. The first kappa shape index (κ1) is 19.2. The second-order valence-corrected chi connectivity index (χ2v) is 7.51. The van der Waals surface area contributed by atoms with Gasteiger partial charge in [-0.15, -0.1) is 0 Å². The number of benzene rings is 2. The van der Waals surface area contributed by atoms with E-state index in [1.807, 2.05) is 0 Å². The maximum atomic E-state index is 12.6. The fraction of sp³-hybridized carbons (Fsp3) is 0.235. The van der Waals surface area contributed by atoms with Crippen molar-refractivity contribution >= 4 is 33.2 Å². The number of methoxy groups -OCH3 is 1. The minimum absolute atomic E-state index is 0.144. The van der Waals surface area contributed by atoms with Gasteiger partial charge in [0.1, 0.15) is 5.75 Å². The Balaban J connectivity index is 2.17. The van der Waals surface area contributed by atoms with Crippen LogP contribution in [-0.4, -0.2) is 38.8 Å². The smallest absolute Gasteiger partial charge is 0.243 e. The molecule has 0 unspecified atom stereocenters. The number of amides is 1. The third kappa shape index (κ3) is 4.72. The standard InChI is InChI=1S/C17H19ClN2O4S/c1-3-20(25(22,23)14-7-5-4-6-8-14)12-17(21)19-15-11-13(18)9-10-16(15)24-2/h4-11H,3,12H2,1-2H3,(H,19,21). The van der Waals surface area contributed by atoms with Crippen molar-refractivity contribution in [3.63, 3.8) is 0 Å². The van der Waals surface area contributed by atoms with Crippen LogP contribution in [0.4, 0.5) is 5.69 Å². The predicted molar refractivity (Wildman–Crippen MR) is 97.5 cm³/mol. The van der Waals surface area contributed by atoms with Crippen molar-refractivity contribution in [3.8, 4) is 5.75 Å². The molecule has 2 aromatic carbocycles. The highest BCUT2D eigenvalue weighted by Crippen LogP contribution is 2.27. The van der Waals surface area contributed by atoms with Gasteiger partial charge in [-0.1, -0.05) is 36.7 Å². The summed E-state index contributed by atoms with van der Waals surface area (Å²) in [5.41, 5.74) is 0.383. The zero-order valence-corrected chi connectivity index (χ0v) is 15.5. The van der Waals surface area contributed by atoms with E-state index in [9.17, 15) is 13.2 Å².